The first-order valence-corrected chi connectivity index (χ1v) is 10.9. The summed E-state index contributed by atoms with van der Waals surface area (Å²) in [4.78, 5) is 28.7. The lowest BCUT2D eigenvalue weighted by Crippen LogP contribution is -3.14. The average molecular weight is 403 g/mol. The van der Waals surface area contributed by atoms with Crippen LogP contribution in [0.5, 0.6) is 0 Å². The Morgan fingerprint density at radius 1 is 1.03 bits per heavy atom. The van der Waals surface area contributed by atoms with Crippen LogP contribution in [0.4, 0.5) is 4.79 Å². The van der Waals surface area contributed by atoms with Gasteiger partial charge in [0.2, 0.25) is 0 Å². The minimum Gasteiger partial charge on any atom is -0.319 e. The molecule has 2 N–H and O–H groups in total. The molecular formula is C25H28N3O2+. The Labute approximate surface area is 177 Å². The molecule has 0 aromatic heterocycles. The molecule has 2 aromatic rings. The summed E-state index contributed by atoms with van der Waals surface area (Å²) in [6.45, 7) is 3.97. The predicted octanol–water partition coefficient (Wildman–Crippen LogP) is 2.27. The quantitative estimate of drug-likeness (QED) is 0.771. The van der Waals surface area contributed by atoms with E-state index in [0.29, 0.717) is 6.67 Å². The Morgan fingerprint density at radius 3 is 2.60 bits per heavy atom. The third-order valence-corrected chi connectivity index (χ3v) is 6.86. The monoisotopic (exact) mass is 402 g/mol. The zero-order valence-electron chi connectivity index (χ0n) is 17.4. The van der Waals surface area contributed by atoms with Crippen molar-refractivity contribution < 1.29 is 14.5 Å². The van der Waals surface area contributed by atoms with E-state index >= 15 is 0 Å². The number of imide groups is 1. The van der Waals surface area contributed by atoms with E-state index in [4.69, 9.17) is 0 Å². The number of benzene rings is 2. The Bertz CT molecular complexity index is 1030. The molecule has 5 nitrogen and oxygen atoms in total. The van der Waals surface area contributed by atoms with Crippen LogP contribution in [0.1, 0.15) is 42.0 Å². The van der Waals surface area contributed by atoms with Crippen molar-refractivity contribution in [2.75, 3.05) is 19.8 Å². The summed E-state index contributed by atoms with van der Waals surface area (Å²) in [6, 6.07) is 16.4. The van der Waals surface area contributed by atoms with Gasteiger partial charge in [-0.05, 0) is 60.1 Å². The summed E-state index contributed by atoms with van der Waals surface area (Å²) in [6.07, 6.45) is 6.52. The number of hydrogen-bond acceptors (Lipinski definition) is 2. The summed E-state index contributed by atoms with van der Waals surface area (Å²) in [5, 5.41) is 2.97. The highest BCUT2D eigenvalue weighted by Gasteiger charge is 2.50. The van der Waals surface area contributed by atoms with E-state index in [1.165, 1.54) is 38.5 Å². The molecule has 0 radical (unpaired) electrons. The summed E-state index contributed by atoms with van der Waals surface area (Å²) in [7, 11) is 0. The molecule has 3 aliphatic rings. The number of fused-ring (bicyclic) bond motifs is 1. The van der Waals surface area contributed by atoms with E-state index in [0.717, 1.165) is 37.9 Å². The lowest BCUT2D eigenvalue weighted by Gasteiger charge is -2.27. The smallest absolute Gasteiger partial charge is 0.319 e. The number of nitrogens with one attached hydrogen (secondary N) is 2. The van der Waals surface area contributed by atoms with Gasteiger partial charge in [-0.3, -0.25) is 4.79 Å². The predicted molar refractivity (Wildman–Crippen MR) is 116 cm³/mol. The van der Waals surface area contributed by atoms with Crippen molar-refractivity contribution in [2.24, 2.45) is 0 Å². The second kappa shape index (κ2) is 7.40. The van der Waals surface area contributed by atoms with Crippen molar-refractivity contribution in [3.05, 3.63) is 76.9 Å². The average Bonchev–Trinajstić information content (AvgIpc) is 3.33. The third-order valence-electron chi connectivity index (χ3n) is 6.86. The number of quaternary nitrogens is 1. The number of rotatable bonds is 4. The normalized spacial score (nSPS) is 25.8. The van der Waals surface area contributed by atoms with Gasteiger partial charge in [0.15, 0.2) is 6.67 Å². The van der Waals surface area contributed by atoms with Gasteiger partial charge in [-0.25, -0.2) is 9.69 Å². The third kappa shape index (κ3) is 3.23. The number of amides is 3. The molecule has 0 bridgehead atoms. The van der Waals surface area contributed by atoms with Crippen LogP contribution in [0.3, 0.4) is 0 Å². The van der Waals surface area contributed by atoms with Gasteiger partial charge >= 0.3 is 6.03 Å². The summed E-state index contributed by atoms with van der Waals surface area (Å²) in [5.74, 6) is -0.143. The molecule has 0 saturated carbocycles. The highest BCUT2D eigenvalue weighted by molar-refractivity contribution is 6.07. The Kier molecular flexibility index (Phi) is 4.70. The number of carbonyl (C=O) groups excluding carboxylic acids is 2. The second-order valence-corrected chi connectivity index (χ2v) is 8.83. The van der Waals surface area contributed by atoms with Crippen LogP contribution in [0.15, 0.2) is 54.6 Å². The molecule has 3 amide bonds. The summed E-state index contributed by atoms with van der Waals surface area (Å²) in [5.41, 5.74) is 5.21. The lowest BCUT2D eigenvalue weighted by molar-refractivity contribution is -0.902. The lowest BCUT2D eigenvalue weighted by atomic mass is 9.90. The van der Waals surface area contributed by atoms with Crippen LogP contribution in [-0.4, -0.2) is 36.6 Å². The summed E-state index contributed by atoms with van der Waals surface area (Å²) >= 11 is 0. The SMILES string of the molecule is C[C@@]1(c2ccc3c(c2)CCC3)NC(=O)N(C[NH+]2CC=C(c3ccccc3)CC2)C1=O. The molecular weight excluding hydrogens is 374 g/mol. The number of nitrogens with zero attached hydrogens (tertiary/aromatic N) is 1. The fourth-order valence-electron chi connectivity index (χ4n) is 4.98. The first-order valence-electron chi connectivity index (χ1n) is 10.9. The Balaban J connectivity index is 1.30. The van der Waals surface area contributed by atoms with Crippen LogP contribution in [0.2, 0.25) is 0 Å². The van der Waals surface area contributed by atoms with Gasteiger partial charge < -0.3 is 10.2 Å². The maximum atomic E-state index is 13.3. The minimum atomic E-state index is -0.977. The van der Waals surface area contributed by atoms with Gasteiger partial charge in [0, 0.05) is 6.42 Å². The van der Waals surface area contributed by atoms with E-state index < -0.39 is 5.54 Å². The molecule has 2 atom stereocenters. The molecule has 1 unspecified atom stereocenters. The number of hydrogen-bond donors (Lipinski definition) is 2. The summed E-state index contributed by atoms with van der Waals surface area (Å²) < 4.78 is 0. The molecule has 154 valence electrons. The molecule has 1 aliphatic carbocycles. The first-order chi connectivity index (χ1) is 14.5. The second-order valence-electron chi connectivity index (χ2n) is 8.83. The van der Waals surface area contributed by atoms with E-state index in [-0.39, 0.29) is 11.9 Å². The first kappa shape index (κ1) is 19.1. The number of aryl methyl sites for hydroxylation is 2. The van der Waals surface area contributed by atoms with Crippen LogP contribution >= 0.6 is 0 Å². The molecule has 2 heterocycles. The van der Waals surface area contributed by atoms with Gasteiger partial charge in [0.25, 0.3) is 5.91 Å². The zero-order chi connectivity index (χ0) is 20.7. The van der Waals surface area contributed by atoms with Crippen molar-refractivity contribution in [2.45, 2.75) is 38.1 Å². The minimum absolute atomic E-state index is 0.143. The van der Waals surface area contributed by atoms with Crippen molar-refractivity contribution in [3.63, 3.8) is 0 Å². The van der Waals surface area contributed by atoms with Crippen LogP contribution in [0.25, 0.3) is 5.57 Å². The van der Waals surface area contributed by atoms with Gasteiger partial charge in [0.05, 0.1) is 13.1 Å². The highest BCUT2D eigenvalue weighted by Crippen LogP contribution is 2.32. The Hall–Kier alpha value is -2.92. The van der Waals surface area contributed by atoms with Gasteiger partial charge in [0.1, 0.15) is 5.54 Å². The van der Waals surface area contributed by atoms with Crippen LogP contribution in [-0.2, 0) is 23.2 Å². The molecule has 0 spiro atoms. The van der Waals surface area contributed by atoms with Crippen molar-refractivity contribution in [3.8, 4) is 0 Å². The van der Waals surface area contributed by atoms with E-state index in [1.54, 1.807) is 0 Å². The maximum Gasteiger partial charge on any atom is 0.329 e. The van der Waals surface area contributed by atoms with E-state index in [9.17, 15) is 9.59 Å². The molecule has 5 heteroatoms. The van der Waals surface area contributed by atoms with Crippen molar-refractivity contribution in [1.82, 2.24) is 10.2 Å². The topological polar surface area (TPSA) is 53.9 Å². The van der Waals surface area contributed by atoms with Gasteiger partial charge in [-0.2, -0.15) is 0 Å². The highest BCUT2D eigenvalue weighted by atomic mass is 16.2. The van der Waals surface area contributed by atoms with Gasteiger partial charge in [-0.1, -0.05) is 48.5 Å². The molecule has 2 aliphatic heterocycles. The molecule has 30 heavy (non-hydrogen) atoms. The van der Waals surface area contributed by atoms with Crippen molar-refractivity contribution in [1.29, 1.82) is 0 Å². The maximum absolute atomic E-state index is 13.3. The molecule has 2 aromatic carbocycles. The molecule has 1 saturated heterocycles. The molecule has 5 rings (SSSR count). The number of carbonyl (C=O) groups is 2. The zero-order valence-corrected chi connectivity index (χ0v) is 17.4. The number of urea groups is 1. The van der Waals surface area contributed by atoms with E-state index in [2.05, 4.69) is 47.8 Å². The fourth-order valence-corrected chi connectivity index (χ4v) is 4.98. The van der Waals surface area contributed by atoms with Gasteiger partial charge in [-0.15, -0.1) is 0 Å². The van der Waals surface area contributed by atoms with Crippen LogP contribution < -0.4 is 10.2 Å². The standard InChI is InChI=1S/C25H27N3O2/c1-25(22-11-10-19-8-5-9-21(19)16-22)23(29)28(24(30)26-25)17-27-14-12-20(13-15-27)18-6-3-2-4-7-18/h2-4,6-7,10-12,16H,5,8-9,13-15,17H2,1H3,(H,26,30)/p+1/t25-/m0/s1. The largest absolute Gasteiger partial charge is 0.329 e. The fraction of sp³-hybridized carbons (Fsp3) is 0.360. The van der Waals surface area contributed by atoms with E-state index in [1.807, 2.05) is 19.1 Å². The van der Waals surface area contributed by atoms with Crippen molar-refractivity contribution >= 4 is 17.5 Å². The Morgan fingerprint density at radius 2 is 1.83 bits per heavy atom. The van der Waals surface area contributed by atoms with Crippen LogP contribution in [0, 0.1) is 0 Å². The molecule has 1 fully saturated rings.